The number of hydrogen-bond donors (Lipinski definition) is 0. The Hall–Kier alpha value is -2.12. The van der Waals surface area contributed by atoms with Crippen molar-refractivity contribution >= 4 is 38.4 Å². The van der Waals surface area contributed by atoms with Crippen molar-refractivity contribution in [2.24, 2.45) is 4.99 Å². The lowest BCUT2D eigenvalue weighted by molar-refractivity contribution is 0.0849. The van der Waals surface area contributed by atoms with Gasteiger partial charge in [-0.2, -0.15) is 0 Å². The molecule has 0 atom stereocenters. The molecule has 148 valence electrons. The number of hydrogen-bond acceptors (Lipinski definition) is 5. The van der Waals surface area contributed by atoms with Gasteiger partial charge in [0.25, 0.3) is 5.91 Å². The summed E-state index contributed by atoms with van der Waals surface area (Å²) in [6.07, 6.45) is 2.01. The standard InChI is InChI=1S/C21H24N2O3S2/c1-15(2)18-10-4-5-11-19(18)22-21-23(12-7-13-27-21)20(24)16-8-6-9-17(14-16)28(3,25)26/h4-6,8-11,14-15H,7,12-13H2,1-3H3. The van der Waals surface area contributed by atoms with Crippen LogP contribution in [0.1, 0.15) is 42.1 Å². The largest absolute Gasteiger partial charge is 0.287 e. The average Bonchev–Trinajstić information content (AvgIpc) is 2.67. The predicted molar refractivity (Wildman–Crippen MR) is 115 cm³/mol. The molecule has 1 heterocycles. The van der Waals surface area contributed by atoms with E-state index in [4.69, 9.17) is 4.99 Å². The molecular weight excluding hydrogens is 392 g/mol. The number of carbonyl (C=O) groups excluding carboxylic acids is 1. The van der Waals surface area contributed by atoms with Crippen molar-refractivity contribution in [2.45, 2.75) is 31.1 Å². The minimum absolute atomic E-state index is 0.145. The van der Waals surface area contributed by atoms with Gasteiger partial charge in [0, 0.05) is 24.1 Å². The van der Waals surface area contributed by atoms with E-state index in [0.29, 0.717) is 23.2 Å². The number of amides is 1. The van der Waals surface area contributed by atoms with Gasteiger partial charge in [-0.25, -0.2) is 13.4 Å². The van der Waals surface area contributed by atoms with E-state index < -0.39 is 9.84 Å². The summed E-state index contributed by atoms with van der Waals surface area (Å²) < 4.78 is 23.7. The Morgan fingerprint density at radius 2 is 1.89 bits per heavy atom. The molecule has 0 aliphatic carbocycles. The molecule has 2 aromatic rings. The molecule has 0 radical (unpaired) electrons. The molecule has 1 amide bonds. The molecule has 1 aliphatic rings. The second-order valence-corrected chi connectivity index (χ2v) is 10.1. The summed E-state index contributed by atoms with van der Waals surface area (Å²) in [7, 11) is -3.37. The van der Waals surface area contributed by atoms with Crippen molar-refractivity contribution in [1.29, 1.82) is 0 Å². The lowest BCUT2D eigenvalue weighted by Crippen LogP contribution is -2.39. The molecule has 0 aromatic heterocycles. The van der Waals surface area contributed by atoms with Crippen LogP contribution in [0.2, 0.25) is 0 Å². The Bertz CT molecular complexity index is 1010. The highest BCUT2D eigenvalue weighted by Crippen LogP contribution is 2.30. The van der Waals surface area contributed by atoms with Crippen molar-refractivity contribution in [1.82, 2.24) is 4.90 Å². The van der Waals surface area contributed by atoms with Crippen LogP contribution < -0.4 is 0 Å². The smallest absolute Gasteiger partial charge is 0.259 e. The molecule has 0 unspecified atom stereocenters. The fourth-order valence-corrected chi connectivity index (χ4v) is 4.65. The van der Waals surface area contributed by atoms with E-state index in [0.717, 1.165) is 29.7 Å². The number of para-hydroxylation sites is 1. The molecule has 5 nitrogen and oxygen atoms in total. The average molecular weight is 417 g/mol. The van der Waals surface area contributed by atoms with Crippen LogP contribution >= 0.6 is 11.8 Å². The fourth-order valence-electron chi connectivity index (χ4n) is 3.04. The molecule has 7 heteroatoms. The second kappa shape index (κ2) is 8.49. The molecule has 0 N–H and O–H groups in total. The Balaban J connectivity index is 1.98. The second-order valence-electron chi connectivity index (χ2n) is 7.07. The maximum absolute atomic E-state index is 13.1. The number of benzene rings is 2. The molecule has 0 saturated carbocycles. The van der Waals surface area contributed by atoms with Crippen molar-refractivity contribution in [3.05, 3.63) is 59.7 Å². The first-order chi connectivity index (χ1) is 13.3. The molecule has 1 saturated heterocycles. The minimum Gasteiger partial charge on any atom is -0.287 e. The molecule has 0 bridgehead atoms. The molecule has 1 aliphatic heterocycles. The zero-order chi connectivity index (χ0) is 20.3. The summed E-state index contributed by atoms with van der Waals surface area (Å²) in [5, 5.41) is 0.661. The van der Waals surface area contributed by atoms with Gasteiger partial charge in [-0.15, -0.1) is 0 Å². The minimum atomic E-state index is -3.37. The van der Waals surface area contributed by atoms with Crippen molar-refractivity contribution in [3.63, 3.8) is 0 Å². The third-order valence-corrected chi connectivity index (χ3v) is 6.69. The van der Waals surface area contributed by atoms with Gasteiger partial charge in [0.05, 0.1) is 10.6 Å². The monoisotopic (exact) mass is 416 g/mol. The van der Waals surface area contributed by atoms with E-state index in [1.165, 1.54) is 12.1 Å². The first kappa shape index (κ1) is 20.6. The van der Waals surface area contributed by atoms with Crippen molar-refractivity contribution in [2.75, 3.05) is 18.6 Å². The zero-order valence-electron chi connectivity index (χ0n) is 16.3. The van der Waals surface area contributed by atoms with Crippen LogP contribution in [0.25, 0.3) is 0 Å². The maximum Gasteiger partial charge on any atom is 0.259 e. The quantitative estimate of drug-likeness (QED) is 0.737. The lowest BCUT2D eigenvalue weighted by Gasteiger charge is -2.28. The van der Waals surface area contributed by atoms with Gasteiger partial charge in [-0.3, -0.25) is 9.69 Å². The van der Waals surface area contributed by atoms with Crippen LogP contribution in [0.4, 0.5) is 5.69 Å². The van der Waals surface area contributed by atoms with E-state index >= 15 is 0 Å². The van der Waals surface area contributed by atoms with Crippen molar-refractivity contribution < 1.29 is 13.2 Å². The molecule has 1 fully saturated rings. The number of rotatable bonds is 4. The van der Waals surface area contributed by atoms with Crippen LogP contribution in [0.15, 0.2) is 58.4 Å². The molecule has 0 spiro atoms. The summed E-state index contributed by atoms with van der Waals surface area (Å²) in [5.41, 5.74) is 2.35. The highest BCUT2D eigenvalue weighted by atomic mass is 32.2. The number of aliphatic imine (C=N–C) groups is 1. The summed E-state index contributed by atoms with van der Waals surface area (Å²) in [5.74, 6) is 0.999. The van der Waals surface area contributed by atoms with Gasteiger partial charge in [-0.1, -0.05) is 49.9 Å². The van der Waals surface area contributed by atoms with Crippen LogP contribution in [0.3, 0.4) is 0 Å². The topological polar surface area (TPSA) is 66.8 Å². The molecule has 3 rings (SSSR count). The van der Waals surface area contributed by atoms with Gasteiger partial charge < -0.3 is 0 Å². The molecular formula is C21H24N2O3S2. The number of nitrogens with zero attached hydrogens (tertiary/aromatic N) is 2. The van der Waals surface area contributed by atoms with Crippen LogP contribution in [-0.2, 0) is 9.84 Å². The number of sulfone groups is 1. The fraction of sp³-hybridized carbons (Fsp3) is 0.333. The third-order valence-electron chi connectivity index (χ3n) is 4.52. The Morgan fingerprint density at radius 1 is 1.14 bits per heavy atom. The van der Waals surface area contributed by atoms with E-state index in [9.17, 15) is 13.2 Å². The first-order valence-corrected chi connectivity index (χ1v) is 12.1. The third kappa shape index (κ3) is 4.64. The first-order valence-electron chi connectivity index (χ1n) is 9.20. The Labute approximate surface area is 170 Å². The number of carbonyl (C=O) groups is 1. The highest BCUT2D eigenvalue weighted by Gasteiger charge is 2.26. The van der Waals surface area contributed by atoms with Crippen LogP contribution in [-0.4, -0.2) is 42.9 Å². The van der Waals surface area contributed by atoms with E-state index in [-0.39, 0.29) is 10.8 Å². The highest BCUT2D eigenvalue weighted by molar-refractivity contribution is 8.13. The van der Waals surface area contributed by atoms with Crippen LogP contribution in [0.5, 0.6) is 0 Å². The van der Waals surface area contributed by atoms with Gasteiger partial charge in [0.2, 0.25) is 0 Å². The molecule has 28 heavy (non-hydrogen) atoms. The van der Waals surface area contributed by atoms with Gasteiger partial charge >= 0.3 is 0 Å². The van der Waals surface area contributed by atoms with Gasteiger partial charge in [0.15, 0.2) is 15.0 Å². The SMILES string of the molecule is CC(C)c1ccccc1N=C1SCCCN1C(=O)c1cccc(S(C)(=O)=O)c1. The number of amidine groups is 1. The predicted octanol–water partition coefficient (Wildman–Crippen LogP) is 4.48. The summed E-state index contributed by atoms with van der Waals surface area (Å²) in [4.78, 5) is 19.7. The van der Waals surface area contributed by atoms with Crippen LogP contribution in [0, 0.1) is 0 Å². The van der Waals surface area contributed by atoms with E-state index in [1.807, 2.05) is 18.2 Å². The van der Waals surface area contributed by atoms with Gasteiger partial charge in [0.1, 0.15) is 0 Å². The van der Waals surface area contributed by atoms with E-state index in [1.54, 1.807) is 28.8 Å². The van der Waals surface area contributed by atoms with Crippen molar-refractivity contribution in [3.8, 4) is 0 Å². The molecule has 2 aromatic carbocycles. The summed E-state index contributed by atoms with van der Waals surface area (Å²) >= 11 is 1.56. The van der Waals surface area contributed by atoms with Gasteiger partial charge in [-0.05, 0) is 42.2 Å². The number of thioether (sulfide) groups is 1. The Kier molecular flexibility index (Phi) is 6.25. The lowest BCUT2D eigenvalue weighted by atomic mass is 10.0. The summed E-state index contributed by atoms with van der Waals surface area (Å²) in [6.45, 7) is 4.80. The van der Waals surface area contributed by atoms with E-state index in [2.05, 4.69) is 19.9 Å². The summed E-state index contributed by atoms with van der Waals surface area (Å²) in [6, 6.07) is 14.2. The Morgan fingerprint density at radius 3 is 2.61 bits per heavy atom. The normalized spacial score (nSPS) is 16.6. The maximum atomic E-state index is 13.1. The zero-order valence-corrected chi connectivity index (χ0v) is 17.9.